The maximum absolute atomic E-state index is 13.0. The van der Waals surface area contributed by atoms with E-state index in [1.165, 1.54) is 0 Å². The summed E-state index contributed by atoms with van der Waals surface area (Å²) < 4.78 is 1.61. The summed E-state index contributed by atoms with van der Waals surface area (Å²) in [6.45, 7) is 7.62. The molecule has 1 atom stereocenters. The molecule has 154 valence electrons. The number of carbonyl (C=O) groups excluding carboxylic acids is 3. The molecule has 1 aliphatic heterocycles. The van der Waals surface area contributed by atoms with Gasteiger partial charge >= 0.3 is 6.03 Å². The molecule has 1 aromatic heterocycles. The van der Waals surface area contributed by atoms with Crippen molar-refractivity contribution in [2.24, 2.45) is 0 Å². The number of amides is 4. The normalized spacial score (nSPS) is 19.4. The lowest BCUT2D eigenvalue weighted by molar-refractivity contribution is -0.138. The second kappa shape index (κ2) is 7.82. The second-order valence-corrected chi connectivity index (χ2v) is 8.51. The summed E-state index contributed by atoms with van der Waals surface area (Å²) in [6.07, 6.45) is 0.350. The largest absolute Gasteiger partial charge is 0.344 e. The molecule has 2 aromatic rings. The number of hydrogen-bond acceptors (Lipinski definition) is 7. The first kappa shape index (κ1) is 20.8. The molecule has 0 radical (unpaired) electrons. The molecular formula is C18H23N7O3S. The van der Waals surface area contributed by atoms with Gasteiger partial charge in [0.1, 0.15) is 5.54 Å². The van der Waals surface area contributed by atoms with Crippen LogP contribution in [0.15, 0.2) is 35.5 Å². The zero-order valence-corrected chi connectivity index (χ0v) is 17.5. The van der Waals surface area contributed by atoms with Gasteiger partial charge in [-0.1, -0.05) is 49.0 Å². The van der Waals surface area contributed by atoms with Gasteiger partial charge in [-0.15, -0.1) is 5.10 Å². The lowest BCUT2D eigenvalue weighted by atomic mass is 9.87. The quantitative estimate of drug-likeness (QED) is 0.538. The minimum Gasteiger partial charge on any atom is -0.318 e. The number of imide groups is 1. The minimum atomic E-state index is -1.20. The Morgan fingerprint density at radius 1 is 1.24 bits per heavy atom. The molecule has 10 nitrogen and oxygen atoms in total. The van der Waals surface area contributed by atoms with Crippen LogP contribution in [-0.4, -0.2) is 48.8 Å². The van der Waals surface area contributed by atoms with E-state index < -0.39 is 23.4 Å². The van der Waals surface area contributed by atoms with Gasteiger partial charge in [-0.05, 0) is 43.2 Å². The van der Waals surface area contributed by atoms with Crippen LogP contribution in [0.2, 0.25) is 0 Å². The van der Waals surface area contributed by atoms with Crippen LogP contribution < -0.4 is 10.7 Å². The minimum absolute atomic E-state index is 0.0576. The number of hydrazine groups is 1. The van der Waals surface area contributed by atoms with E-state index in [1.807, 2.05) is 26.8 Å². The third-order valence-corrected chi connectivity index (χ3v) is 5.45. The van der Waals surface area contributed by atoms with Gasteiger partial charge in [0.25, 0.3) is 5.91 Å². The first-order valence-corrected chi connectivity index (χ1v) is 10.1. The molecular weight excluding hydrogens is 394 g/mol. The van der Waals surface area contributed by atoms with Crippen molar-refractivity contribution >= 4 is 29.6 Å². The molecule has 0 bridgehead atoms. The van der Waals surface area contributed by atoms with Crippen LogP contribution in [0.25, 0.3) is 0 Å². The summed E-state index contributed by atoms with van der Waals surface area (Å²) in [7, 11) is 0. The molecule has 1 aliphatic rings. The number of thioether (sulfide) groups is 1. The van der Waals surface area contributed by atoms with Crippen molar-refractivity contribution < 1.29 is 14.4 Å². The van der Waals surface area contributed by atoms with Gasteiger partial charge in [0.2, 0.25) is 11.1 Å². The number of rotatable bonds is 6. The molecule has 2 N–H and O–H groups in total. The SMILES string of the molecule is CCC1(c2ccccc2)NC(=O)N(NC(=O)CSc2nnnn2C(C)(C)C)C1=O. The monoisotopic (exact) mass is 417 g/mol. The predicted molar refractivity (Wildman–Crippen MR) is 105 cm³/mol. The molecule has 11 heteroatoms. The van der Waals surface area contributed by atoms with E-state index in [4.69, 9.17) is 0 Å². The fourth-order valence-electron chi connectivity index (χ4n) is 3.02. The standard InChI is InChI=1S/C18H23N7O3S/c1-5-18(12-9-7-6-8-10-12)14(27)24(15(28)19-18)21-13(26)11-29-16-20-22-23-25(16)17(2,3)4/h6-10H,5,11H2,1-4H3,(H,19,28)(H,21,26). The summed E-state index contributed by atoms with van der Waals surface area (Å²) in [5, 5.41) is 15.4. The third-order valence-electron chi connectivity index (χ3n) is 4.53. The average molecular weight is 417 g/mol. The molecule has 0 spiro atoms. The number of aromatic nitrogens is 4. The van der Waals surface area contributed by atoms with Gasteiger partial charge in [-0.2, -0.15) is 5.01 Å². The van der Waals surface area contributed by atoms with Crippen molar-refractivity contribution in [1.29, 1.82) is 0 Å². The van der Waals surface area contributed by atoms with E-state index in [1.54, 1.807) is 35.9 Å². The first-order valence-electron chi connectivity index (χ1n) is 9.12. The lowest BCUT2D eigenvalue weighted by Crippen LogP contribution is -2.49. The van der Waals surface area contributed by atoms with Gasteiger partial charge in [0.05, 0.1) is 11.3 Å². The Morgan fingerprint density at radius 2 is 1.93 bits per heavy atom. The Kier molecular flexibility index (Phi) is 5.60. The number of hydrogen-bond donors (Lipinski definition) is 2. The van der Waals surface area contributed by atoms with Crippen LogP contribution in [-0.2, 0) is 20.7 Å². The molecule has 29 heavy (non-hydrogen) atoms. The summed E-state index contributed by atoms with van der Waals surface area (Å²) in [4.78, 5) is 37.8. The summed E-state index contributed by atoms with van der Waals surface area (Å²) in [6, 6.07) is 8.30. The third kappa shape index (κ3) is 3.95. The Hall–Kier alpha value is -2.95. The molecule has 1 aromatic carbocycles. The molecule has 1 fully saturated rings. The van der Waals surface area contributed by atoms with E-state index in [9.17, 15) is 14.4 Å². The topological polar surface area (TPSA) is 122 Å². The fraction of sp³-hybridized carbons (Fsp3) is 0.444. The van der Waals surface area contributed by atoms with Crippen LogP contribution in [0.1, 0.15) is 39.7 Å². The second-order valence-electron chi connectivity index (χ2n) is 7.56. The van der Waals surface area contributed by atoms with Crippen LogP contribution in [0.3, 0.4) is 0 Å². The maximum atomic E-state index is 13.0. The number of tetrazole rings is 1. The maximum Gasteiger partial charge on any atom is 0.344 e. The van der Waals surface area contributed by atoms with Crippen molar-refractivity contribution in [3.05, 3.63) is 35.9 Å². The molecule has 0 aliphatic carbocycles. The van der Waals surface area contributed by atoms with E-state index in [0.29, 0.717) is 17.1 Å². The molecule has 3 rings (SSSR count). The van der Waals surface area contributed by atoms with Crippen molar-refractivity contribution in [2.75, 3.05) is 5.75 Å². The predicted octanol–water partition coefficient (Wildman–Crippen LogP) is 1.41. The number of benzene rings is 1. The number of urea groups is 1. The van der Waals surface area contributed by atoms with Gasteiger partial charge in [-0.3, -0.25) is 15.0 Å². The highest BCUT2D eigenvalue weighted by Gasteiger charge is 2.52. The van der Waals surface area contributed by atoms with Crippen LogP contribution in [0.5, 0.6) is 0 Å². The van der Waals surface area contributed by atoms with Gasteiger partial charge in [-0.25, -0.2) is 9.48 Å². The highest BCUT2D eigenvalue weighted by Crippen LogP contribution is 2.31. The zero-order valence-electron chi connectivity index (χ0n) is 16.7. The van der Waals surface area contributed by atoms with E-state index in [0.717, 1.165) is 16.8 Å². The van der Waals surface area contributed by atoms with E-state index >= 15 is 0 Å². The molecule has 1 saturated heterocycles. The smallest absolute Gasteiger partial charge is 0.318 e. The Balaban J connectivity index is 1.69. The van der Waals surface area contributed by atoms with Gasteiger partial charge in [0.15, 0.2) is 0 Å². The zero-order chi connectivity index (χ0) is 21.2. The van der Waals surface area contributed by atoms with Crippen molar-refractivity contribution in [2.45, 2.75) is 50.4 Å². The first-order chi connectivity index (χ1) is 13.7. The van der Waals surface area contributed by atoms with Crippen LogP contribution >= 0.6 is 11.8 Å². The lowest BCUT2D eigenvalue weighted by Gasteiger charge is -2.25. The number of carbonyl (C=O) groups is 3. The molecule has 2 heterocycles. The van der Waals surface area contributed by atoms with Crippen molar-refractivity contribution in [1.82, 2.24) is 36.0 Å². The Bertz CT molecular complexity index is 925. The van der Waals surface area contributed by atoms with E-state index in [2.05, 4.69) is 26.3 Å². The highest BCUT2D eigenvalue weighted by atomic mass is 32.2. The molecule has 4 amide bonds. The van der Waals surface area contributed by atoms with Gasteiger partial charge in [0, 0.05) is 0 Å². The average Bonchev–Trinajstić information content (AvgIpc) is 3.26. The van der Waals surface area contributed by atoms with Crippen molar-refractivity contribution in [3.8, 4) is 0 Å². The highest BCUT2D eigenvalue weighted by molar-refractivity contribution is 7.99. The summed E-state index contributed by atoms with van der Waals surface area (Å²) in [5.74, 6) is -1.09. The summed E-state index contributed by atoms with van der Waals surface area (Å²) in [5.41, 5.74) is 1.51. The van der Waals surface area contributed by atoms with Crippen molar-refractivity contribution in [3.63, 3.8) is 0 Å². The fourth-order valence-corrected chi connectivity index (χ4v) is 3.87. The number of nitrogens with one attached hydrogen (secondary N) is 2. The van der Waals surface area contributed by atoms with Crippen LogP contribution in [0, 0.1) is 0 Å². The van der Waals surface area contributed by atoms with Gasteiger partial charge < -0.3 is 5.32 Å². The molecule has 0 saturated carbocycles. The number of nitrogens with zero attached hydrogens (tertiary/aromatic N) is 5. The Labute approximate surface area is 172 Å². The summed E-state index contributed by atoms with van der Waals surface area (Å²) >= 11 is 1.12. The molecule has 1 unspecified atom stereocenters. The van der Waals surface area contributed by atoms with E-state index in [-0.39, 0.29) is 11.3 Å². The Morgan fingerprint density at radius 3 is 2.55 bits per heavy atom. The van der Waals surface area contributed by atoms with Crippen LogP contribution in [0.4, 0.5) is 4.79 Å².